The highest BCUT2D eigenvalue weighted by atomic mass is 32.2. The molecule has 0 spiro atoms. The highest BCUT2D eigenvalue weighted by Gasteiger charge is 2.24. The van der Waals surface area contributed by atoms with Gasteiger partial charge < -0.3 is 5.32 Å². The maximum absolute atomic E-state index is 11.6. The number of amides is 1. The Balaban J connectivity index is 2.46. The molecule has 1 saturated carbocycles. The Morgan fingerprint density at radius 3 is 2.65 bits per heavy atom. The van der Waals surface area contributed by atoms with E-state index in [0.717, 1.165) is 19.3 Å². The number of rotatable bonds is 5. The molecule has 98 valence electrons. The van der Waals surface area contributed by atoms with Gasteiger partial charge in [0.25, 0.3) is 0 Å². The van der Waals surface area contributed by atoms with E-state index in [2.05, 4.69) is 18.8 Å². The van der Waals surface area contributed by atoms with Crippen molar-refractivity contribution in [1.29, 1.82) is 0 Å². The summed E-state index contributed by atoms with van der Waals surface area (Å²) in [5.41, 5.74) is 0. The molecule has 0 radical (unpaired) electrons. The third-order valence-electron chi connectivity index (χ3n) is 3.18. The molecule has 0 heterocycles. The maximum Gasteiger partial charge on any atom is 0.235 e. The number of hydrogen-bond donors (Lipinski definition) is 1. The van der Waals surface area contributed by atoms with Crippen molar-refractivity contribution in [2.75, 3.05) is 11.5 Å². The largest absolute Gasteiger partial charge is 0.352 e. The number of hydrogen-bond acceptors (Lipinski definition) is 3. The van der Waals surface area contributed by atoms with Gasteiger partial charge in [-0.3, -0.25) is 4.79 Å². The molecule has 0 aromatic heterocycles. The normalized spacial score (nSPS) is 25.2. The number of sulfone groups is 1. The summed E-state index contributed by atoms with van der Waals surface area (Å²) in [4.78, 5) is 11.6. The highest BCUT2D eigenvalue weighted by Crippen LogP contribution is 2.23. The fourth-order valence-electron chi connectivity index (χ4n) is 2.22. The Morgan fingerprint density at radius 2 is 2.06 bits per heavy atom. The molecule has 4 nitrogen and oxygen atoms in total. The van der Waals surface area contributed by atoms with Crippen LogP contribution in [0, 0.1) is 5.92 Å². The molecule has 1 rings (SSSR count). The third kappa shape index (κ3) is 4.89. The predicted octanol–water partition coefficient (Wildman–Crippen LogP) is 1.28. The molecule has 1 amide bonds. The molecule has 0 aromatic rings. The van der Waals surface area contributed by atoms with E-state index in [-0.39, 0.29) is 17.7 Å². The van der Waals surface area contributed by atoms with Crippen LogP contribution in [0.4, 0.5) is 0 Å². The minimum absolute atomic E-state index is 0.134. The maximum atomic E-state index is 11.6. The van der Waals surface area contributed by atoms with Gasteiger partial charge in [-0.15, -0.1) is 6.58 Å². The lowest BCUT2D eigenvalue weighted by molar-refractivity contribution is -0.119. The molecule has 0 saturated heterocycles. The van der Waals surface area contributed by atoms with Crippen LogP contribution in [0.15, 0.2) is 12.7 Å². The Labute approximate surface area is 103 Å². The standard InChI is InChI=1S/C12H21NO3S/c1-3-8-17(15,16)9-12(14)13-11-7-5-4-6-10(11)2/h3,10-11H,1,4-9H2,2H3,(H,13,14). The minimum atomic E-state index is -3.33. The summed E-state index contributed by atoms with van der Waals surface area (Å²) in [5.74, 6) is -0.511. The van der Waals surface area contributed by atoms with Crippen molar-refractivity contribution in [3.63, 3.8) is 0 Å². The molecule has 0 aliphatic heterocycles. The van der Waals surface area contributed by atoms with E-state index < -0.39 is 15.6 Å². The molecular formula is C12H21NO3S. The second kappa shape index (κ2) is 6.19. The predicted molar refractivity (Wildman–Crippen MR) is 68.4 cm³/mol. The van der Waals surface area contributed by atoms with Gasteiger partial charge >= 0.3 is 0 Å². The van der Waals surface area contributed by atoms with Crippen molar-refractivity contribution in [2.45, 2.75) is 38.6 Å². The second-order valence-electron chi connectivity index (χ2n) is 4.78. The van der Waals surface area contributed by atoms with E-state index in [0.29, 0.717) is 5.92 Å². The summed E-state index contributed by atoms with van der Waals surface area (Å²) in [6.07, 6.45) is 5.67. The molecule has 1 fully saturated rings. The van der Waals surface area contributed by atoms with Crippen LogP contribution >= 0.6 is 0 Å². The van der Waals surface area contributed by atoms with Crippen LogP contribution in [-0.4, -0.2) is 31.9 Å². The molecule has 0 aromatic carbocycles. The van der Waals surface area contributed by atoms with Crippen LogP contribution in [0.3, 0.4) is 0 Å². The van der Waals surface area contributed by atoms with Crippen molar-refractivity contribution < 1.29 is 13.2 Å². The fourth-order valence-corrected chi connectivity index (χ4v) is 3.18. The second-order valence-corrected chi connectivity index (χ2v) is 6.89. The van der Waals surface area contributed by atoms with Gasteiger partial charge in [0.05, 0.1) is 5.75 Å². The summed E-state index contributed by atoms with van der Waals surface area (Å²) < 4.78 is 22.9. The van der Waals surface area contributed by atoms with Crippen LogP contribution in [0.1, 0.15) is 32.6 Å². The average molecular weight is 259 g/mol. The van der Waals surface area contributed by atoms with Crippen molar-refractivity contribution in [1.82, 2.24) is 5.32 Å². The zero-order valence-electron chi connectivity index (χ0n) is 10.3. The van der Waals surface area contributed by atoms with Gasteiger partial charge in [0, 0.05) is 6.04 Å². The molecule has 5 heteroatoms. The first-order chi connectivity index (χ1) is 7.94. The van der Waals surface area contributed by atoms with E-state index in [9.17, 15) is 13.2 Å². The summed E-state index contributed by atoms with van der Waals surface area (Å²) in [5, 5.41) is 2.83. The van der Waals surface area contributed by atoms with Gasteiger partial charge in [-0.1, -0.05) is 25.8 Å². The van der Waals surface area contributed by atoms with Crippen molar-refractivity contribution in [3.05, 3.63) is 12.7 Å². The Morgan fingerprint density at radius 1 is 1.41 bits per heavy atom. The van der Waals surface area contributed by atoms with Gasteiger partial charge in [0.1, 0.15) is 5.75 Å². The van der Waals surface area contributed by atoms with Gasteiger partial charge in [0.2, 0.25) is 5.91 Å². The van der Waals surface area contributed by atoms with Crippen molar-refractivity contribution >= 4 is 15.7 Å². The zero-order chi connectivity index (χ0) is 12.9. The Kier molecular flexibility index (Phi) is 5.18. The van der Waals surface area contributed by atoms with Crippen LogP contribution in [-0.2, 0) is 14.6 Å². The lowest BCUT2D eigenvalue weighted by atomic mass is 9.86. The summed E-state index contributed by atoms with van der Waals surface area (Å²) >= 11 is 0. The van der Waals surface area contributed by atoms with Crippen molar-refractivity contribution in [2.24, 2.45) is 5.92 Å². The monoisotopic (exact) mass is 259 g/mol. The summed E-state index contributed by atoms with van der Waals surface area (Å²) in [6, 6.07) is 0.134. The molecule has 1 aliphatic carbocycles. The lowest BCUT2D eigenvalue weighted by Crippen LogP contribution is -2.43. The van der Waals surface area contributed by atoms with Crippen LogP contribution < -0.4 is 5.32 Å². The van der Waals surface area contributed by atoms with Gasteiger partial charge in [0.15, 0.2) is 9.84 Å². The zero-order valence-corrected chi connectivity index (χ0v) is 11.1. The first-order valence-corrected chi connectivity index (χ1v) is 7.87. The van der Waals surface area contributed by atoms with E-state index >= 15 is 0 Å². The number of nitrogens with one attached hydrogen (secondary N) is 1. The molecule has 2 atom stereocenters. The molecule has 0 bridgehead atoms. The quantitative estimate of drug-likeness (QED) is 0.757. The Bertz CT molecular complexity index is 375. The highest BCUT2D eigenvalue weighted by molar-refractivity contribution is 7.92. The summed E-state index contributed by atoms with van der Waals surface area (Å²) in [7, 11) is -3.33. The third-order valence-corrected chi connectivity index (χ3v) is 4.63. The SMILES string of the molecule is C=CCS(=O)(=O)CC(=O)NC1CCCCC1C. The van der Waals surface area contributed by atoms with E-state index in [1.54, 1.807) is 0 Å². The lowest BCUT2D eigenvalue weighted by Gasteiger charge is -2.29. The van der Waals surface area contributed by atoms with E-state index in [1.807, 2.05) is 0 Å². The van der Waals surface area contributed by atoms with Crippen LogP contribution in [0.5, 0.6) is 0 Å². The van der Waals surface area contributed by atoms with Crippen molar-refractivity contribution in [3.8, 4) is 0 Å². The smallest absolute Gasteiger partial charge is 0.235 e. The average Bonchev–Trinajstić information content (AvgIpc) is 2.20. The molecule has 17 heavy (non-hydrogen) atoms. The molecular weight excluding hydrogens is 238 g/mol. The number of carbonyl (C=O) groups is 1. The fraction of sp³-hybridized carbons (Fsp3) is 0.750. The first kappa shape index (κ1) is 14.2. The minimum Gasteiger partial charge on any atom is -0.352 e. The van der Waals surface area contributed by atoms with Gasteiger partial charge in [-0.25, -0.2) is 8.42 Å². The first-order valence-electron chi connectivity index (χ1n) is 6.05. The number of carbonyl (C=O) groups excluding carboxylic acids is 1. The van der Waals surface area contributed by atoms with Gasteiger partial charge in [-0.2, -0.15) is 0 Å². The molecule has 1 N–H and O–H groups in total. The van der Waals surface area contributed by atoms with Crippen LogP contribution in [0.25, 0.3) is 0 Å². The molecule has 2 unspecified atom stereocenters. The Hall–Kier alpha value is -0.840. The summed E-state index contributed by atoms with van der Waals surface area (Å²) in [6.45, 7) is 5.47. The van der Waals surface area contributed by atoms with E-state index in [1.165, 1.54) is 12.5 Å². The topological polar surface area (TPSA) is 63.2 Å². The van der Waals surface area contributed by atoms with Crippen LogP contribution in [0.2, 0.25) is 0 Å². The molecule has 1 aliphatic rings. The van der Waals surface area contributed by atoms with Gasteiger partial charge in [-0.05, 0) is 18.8 Å². The van der Waals surface area contributed by atoms with E-state index in [4.69, 9.17) is 0 Å².